The lowest BCUT2D eigenvalue weighted by Crippen LogP contribution is -2.19. The van der Waals surface area contributed by atoms with Crippen molar-refractivity contribution in [2.75, 3.05) is 11.4 Å². The van der Waals surface area contributed by atoms with Gasteiger partial charge in [0.1, 0.15) is 6.07 Å². The second-order valence-corrected chi connectivity index (χ2v) is 8.40. The van der Waals surface area contributed by atoms with E-state index in [-0.39, 0.29) is 0 Å². The molecule has 0 fully saturated rings. The highest BCUT2D eigenvalue weighted by atomic mass is 35.5. The summed E-state index contributed by atoms with van der Waals surface area (Å²) in [7, 11) is 0. The smallest absolute Gasteiger partial charge is 0.101 e. The van der Waals surface area contributed by atoms with Crippen molar-refractivity contribution in [1.29, 1.82) is 5.26 Å². The molecule has 5 heteroatoms. The topological polar surface area (TPSA) is 44.9 Å². The molecule has 0 saturated heterocycles. The van der Waals surface area contributed by atoms with Gasteiger partial charge in [0.05, 0.1) is 16.3 Å². The molecular weight excluding hydrogens is 404 g/mol. The molecule has 1 heterocycles. The third-order valence-electron chi connectivity index (χ3n) is 5.84. The zero-order valence-electron chi connectivity index (χ0n) is 19.2. The quantitative estimate of drug-likeness (QED) is 0.348. The van der Waals surface area contributed by atoms with Crippen molar-refractivity contribution in [3.05, 3.63) is 63.9 Å². The van der Waals surface area contributed by atoms with Gasteiger partial charge in [-0.05, 0) is 69.5 Å². The highest BCUT2D eigenvalue weighted by molar-refractivity contribution is 6.32. The lowest BCUT2D eigenvalue weighted by Gasteiger charge is -2.28. The van der Waals surface area contributed by atoms with Crippen LogP contribution in [0.15, 0.2) is 36.4 Å². The molecule has 0 bridgehead atoms. The Labute approximate surface area is 191 Å². The fourth-order valence-electron chi connectivity index (χ4n) is 4.15. The molecule has 0 aliphatic rings. The van der Waals surface area contributed by atoms with E-state index < -0.39 is 0 Å². The van der Waals surface area contributed by atoms with Gasteiger partial charge in [0.2, 0.25) is 0 Å². The minimum atomic E-state index is 0.491. The second-order valence-electron chi connectivity index (χ2n) is 8.00. The largest absolute Gasteiger partial charge is 0.341 e. The van der Waals surface area contributed by atoms with E-state index in [9.17, 15) is 5.26 Å². The summed E-state index contributed by atoms with van der Waals surface area (Å²) < 4.78 is 2.06. The maximum atomic E-state index is 9.26. The van der Waals surface area contributed by atoms with Gasteiger partial charge in [-0.1, -0.05) is 43.5 Å². The molecule has 162 valence electrons. The predicted octanol–water partition coefficient (Wildman–Crippen LogP) is 7.35. The van der Waals surface area contributed by atoms with Gasteiger partial charge in [-0.3, -0.25) is 4.68 Å². The van der Waals surface area contributed by atoms with E-state index in [1.165, 1.54) is 28.8 Å². The van der Waals surface area contributed by atoms with Gasteiger partial charge >= 0.3 is 0 Å². The lowest BCUT2D eigenvalue weighted by molar-refractivity contribution is 0.634. The highest BCUT2D eigenvalue weighted by Crippen LogP contribution is 2.36. The molecule has 0 aliphatic heterocycles. The van der Waals surface area contributed by atoms with Crippen molar-refractivity contribution in [3.63, 3.8) is 0 Å². The van der Waals surface area contributed by atoms with Crippen LogP contribution in [0.25, 0.3) is 11.1 Å². The minimum Gasteiger partial charge on any atom is -0.341 e. The van der Waals surface area contributed by atoms with Gasteiger partial charge in [-0.25, -0.2) is 0 Å². The Kier molecular flexibility index (Phi) is 7.41. The number of nitrogens with zero attached hydrogens (tertiary/aromatic N) is 4. The van der Waals surface area contributed by atoms with Crippen LogP contribution in [0.4, 0.5) is 11.4 Å². The molecule has 2 aromatic carbocycles. The standard InChI is InChI=1S/C26H31ClN4/c1-6-8-9-14-30(23-13-12-22(17-28)24(27)16-23)25-15-21(11-10-18(25)3)26-19(4)29-31(7-2)20(26)5/h10-13,15-16H,6-9,14H2,1-5H3. The average Bonchev–Trinajstić information content (AvgIpc) is 3.05. The number of aromatic nitrogens is 2. The van der Waals surface area contributed by atoms with Crippen molar-refractivity contribution in [1.82, 2.24) is 9.78 Å². The molecule has 0 atom stereocenters. The summed E-state index contributed by atoms with van der Waals surface area (Å²) in [5, 5.41) is 14.5. The maximum absolute atomic E-state index is 9.26. The monoisotopic (exact) mass is 434 g/mol. The normalized spacial score (nSPS) is 10.9. The van der Waals surface area contributed by atoms with Gasteiger partial charge < -0.3 is 4.90 Å². The number of aryl methyl sites for hydroxylation is 3. The number of hydrogen-bond donors (Lipinski definition) is 0. The van der Waals surface area contributed by atoms with Crippen LogP contribution in [0.1, 0.15) is 55.6 Å². The van der Waals surface area contributed by atoms with E-state index in [1.54, 1.807) is 0 Å². The van der Waals surface area contributed by atoms with Crippen LogP contribution < -0.4 is 4.90 Å². The zero-order chi connectivity index (χ0) is 22.5. The molecule has 0 saturated carbocycles. The average molecular weight is 435 g/mol. The summed E-state index contributed by atoms with van der Waals surface area (Å²) in [4.78, 5) is 2.33. The van der Waals surface area contributed by atoms with Gasteiger partial charge in [0.25, 0.3) is 0 Å². The molecular formula is C26H31ClN4. The first-order valence-corrected chi connectivity index (χ1v) is 11.4. The second kappa shape index (κ2) is 10.0. The summed E-state index contributed by atoms with van der Waals surface area (Å²) in [5.41, 5.74) is 8.50. The molecule has 0 N–H and O–H groups in total. The van der Waals surface area contributed by atoms with Crippen LogP contribution in [0, 0.1) is 32.1 Å². The third kappa shape index (κ3) is 4.78. The van der Waals surface area contributed by atoms with Gasteiger partial charge in [-0.2, -0.15) is 10.4 Å². The van der Waals surface area contributed by atoms with E-state index in [2.05, 4.69) is 68.5 Å². The molecule has 0 unspecified atom stereocenters. The van der Waals surface area contributed by atoms with Crippen LogP contribution >= 0.6 is 11.6 Å². The van der Waals surface area contributed by atoms with E-state index in [0.717, 1.165) is 43.0 Å². The highest BCUT2D eigenvalue weighted by Gasteiger charge is 2.18. The number of nitriles is 1. The van der Waals surface area contributed by atoms with Gasteiger partial charge in [0.15, 0.2) is 0 Å². The Morgan fingerprint density at radius 2 is 1.84 bits per heavy atom. The molecule has 4 nitrogen and oxygen atoms in total. The molecule has 0 amide bonds. The first-order chi connectivity index (χ1) is 14.9. The molecule has 3 aromatic rings. The van der Waals surface area contributed by atoms with Crippen molar-refractivity contribution < 1.29 is 0 Å². The summed E-state index contributed by atoms with van der Waals surface area (Å²) in [6, 6.07) is 14.5. The molecule has 31 heavy (non-hydrogen) atoms. The van der Waals surface area contributed by atoms with E-state index >= 15 is 0 Å². The predicted molar refractivity (Wildman–Crippen MR) is 130 cm³/mol. The fraction of sp³-hybridized carbons (Fsp3) is 0.385. The molecule has 0 spiro atoms. The minimum absolute atomic E-state index is 0.491. The van der Waals surface area contributed by atoms with Crippen LogP contribution in [-0.4, -0.2) is 16.3 Å². The number of benzene rings is 2. The first-order valence-electron chi connectivity index (χ1n) is 11.0. The summed E-state index contributed by atoms with van der Waals surface area (Å²) in [6.45, 7) is 12.4. The Hall–Kier alpha value is -2.77. The van der Waals surface area contributed by atoms with Crippen LogP contribution in [0.2, 0.25) is 5.02 Å². The lowest BCUT2D eigenvalue weighted by atomic mass is 10.00. The van der Waals surface area contributed by atoms with E-state index in [1.807, 2.05) is 18.2 Å². The van der Waals surface area contributed by atoms with Crippen molar-refractivity contribution in [2.24, 2.45) is 0 Å². The van der Waals surface area contributed by atoms with Crippen LogP contribution in [0.3, 0.4) is 0 Å². The first kappa shape index (κ1) is 22.9. The van der Waals surface area contributed by atoms with E-state index in [4.69, 9.17) is 16.7 Å². The molecule has 0 aliphatic carbocycles. The summed E-state index contributed by atoms with van der Waals surface area (Å²) >= 11 is 6.39. The zero-order valence-corrected chi connectivity index (χ0v) is 19.9. The van der Waals surface area contributed by atoms with Crippen molar-refractivity contribution in [3.8, 4) is 17.2 Å². The Balaban J connectivity index is 2.11. The number of rotatable bonds is 8. The van der Waals surface area contributed by atoms with Crippen LogP contribution in [0.5, 0.6) is 0 Å². The summed E-state index contributed by atoms with van der Waals surface area (Å²) in [5.74, 6) is 0. The fourth-order valence-corrected chi connectivity index (χ4v) is 4.37. The Morgan fingerprint density at radius 1 is 1.06 bits per heavy atom. The number of anilines is 2. The molecule has 3 rings (SSSR count). The molecule has 1 aromatic heterocycles. The maximum Gasteiger partial charge on any atom is 0.101 e. The number of hydrogen-bond acceptors (Lipinski definition) is 3. The van der Waals surface area contributed by atoms with Crippen molar-refractivity contribution >= 4 is 23.0 Å². The number of halogens is 1. The van der Waals surface area contributed by atoms with Crippen molar-refractivity contribution in [2.45, 2.75) is 60.4 Å². The Morgan fingerprint density at radius 3 is 2.45 bits per heavy atom. The molecule has 0 radical (unpaired) electrons. The Bertz CT molecular complexity index is 1110. The van der Waals surface area contributed by atoms with Gasteiger partial charge in [-0.15, -0.1) is 0 Å². The summed E-state index contributed by atoms with van der Waals surface area (Å²) in [6.07, 6.45) is 3.42. The van der Waals surface area contributed by atoms with Gasteiger partial charge in [0, 0.05) is 35.7 Å². The third-order valence-corrected chi connectivity index (χ3v) is 6.15. The number of unbranched alkanes of at least 4 members (excludes halogenated alkanes) is 2. The SMILES string of the molecule is CCCCCN(c1ccc(C#N)c(Cl)c1)c1cc(-c2c(C)nn(CC)c2C)ccc1C. The van der Waals surface area contributed by atoms with Crippen LogP contribution in [-0.2, 0) is 6.54 Å². The van der Waals surface area contributed by atoms with E-state index in [0.29, 0.717) is 10.6 Å².